The van der Waals surface area contributed by atoms with E-state index >= 15 is 0 Å². The van der Waals surface area contributed by atoms with Crippen LogP contribution < -0.4 is 5.73 Å². The van der Waals surface area contributed by atoms with Gasteiger partial charge in [-0.3, -0.25) is 0 Å². The van der Waals surface area contributed by atoms with E-state index in [2.05, 4.69) is 0 Å². The van der Waals surface area contributed by atoms with E-state index in [0.717, 1.165) is 5.56 Å². The molecular weight excluding hydrogens is 274 g/mol. The molecule has 0 unspecified atom stereocenters. The summed E-state index contributed by atoms with van der Waals surface area (Å²) in [6, 6.07) is 7.11. The molecule has 1 fully saturated rings. The molecule has 1 aliphatic carbocycles. The molecule has 0 radical (unpaired) electrons. The Bertz CT molecular complexity index is 543. The van der Waals surface area contributed by atoms with Crippen molar-refractivity contribution in [1.82, 2.24) is 0 Å². The summed E-state index contributed by atoms with van der Waals surface area (Å²) in [5.41, 5.74) is 6.21. The van der Waals surface area contributed by atoms with E-state index < -0.39 is 20.6 Å². The highest BCUT2D eigenvalue weighted by Crippen LogP contribution is 2.54. The number of hydrogen-bond acceptors (Lipinski definition) is 4. The Kier molecular flexibility index (Phi) is 3.44. The van der Waals surface area contributed by atoms with Crippen molar-refractivity contribution in [2.45, 2.75) is 16.7 Å². The summed E-state index contributed by atoms with van der Waals surface area (Å²) in [4.78, 5) is 0. The number of benzene rings is 1. The molecule has 4 nitrogen and oxygen atoms in total. The van der Waals surface area contributed by atoms with Gasteiger partial charge in [0.25, 0.3) is 0 Å². The second-order valence-electron chi connectivity index (χ2n) is 4.82. The lowest BCUT2D eigenvalue weighted by Gasteiger charge is -2.10. The molecule has 2 N–H and O–H groups in total. The molecule has 1 aromatic rings. The average molecular weight is 290 g/mol. The number of methoxy groups -OCH3 is 1. The lowest BCUT2D eigenvalue weighted by molar-refractivity contribution is 0.171. The van der Waals surface area contributed by atoms with E-state index in [1.165, 1.54) is 13.4 Å². The van der Waals surface area contributed by atoms with Crippen LogP contribution in [0.15, 0.2) is 24.3 Å². The molecule has 18 heavy (non-hydrogen) atoms. The topological polar surface area (TPSA) is 69.4 Å². The Morgan fingerprint density at radius 3 is 2.39 bits per heavy atom. The van der Waals surface area contributed by atoms with E-state index in [0.29, 0.717) is 5.02 Å². The number of halogens is 1. The number of rotatable bonds is 4. The molecule has 1 aliphatic rings. The third-order valence-electron chi connectivity index (χ3n) is 3.39. The fourth-order valence-corrected chi connectivity index (χ4v) is 4.61. The van der Waals surface area contributed by atoms with Crippen LogP contribution in [0, 0.1) is 0 Å². The van der Waals surface area contributed by atoms with Crippen molar-refractivity contribution in [2.24, 2.45) is 5.73 Å². The largest absolute Gasteiger partial charge is 0.383 e. The average Bonchev–Trinajstić information content (AvgIpc) is 2.86. The van der Waals surface area contributed by atoms with Gasteiger partial charge >= 0.3 is 0 Å². The minimum atomic E-state index is -3.20. The second-order valence-corrected chi connectivity index (χ2v) is 7.43. The van der Waals surface area contributed by atoms with Crippen LogP contribution in [0.3, 0.4) is 0 Å². The molecule has 6 heteroatoms. The van der Waals surface area contributed by atoms with Gasteiger partial charge in [0.05, 0.1) is 17.4 Å². The van der Waals surface area contributed by atoms with E-state index in [4.69, 9.17) is 22.1 Å². The Morgan fingerprint density at radius 1 is 1.39 bits per heavy atom. The van der Waals surface area contributed by atoms with E-state index in [1.54, 1.807) is 12.1 Å². The third kappa shape index (κ3) is 2.28. The summed E-state index contributed by atoms with van der Waals surface area (Å²) >= 11 is 5.82. The van der Waals surface area contributed by atoms with Crippen LogP contribution in [0.4, 0.5) is 0 Å². The smallest absolute Gasteiger partial charge is 0.152 e. The van der Waals surface area contributed by atoms with Gasteiger partial charge in [-0.1, -0.05) is 23.7 Å². The van der Waals surface area contributed by atoms with Crippen molar-refractivity contribution in [3.63, 3.8) is 0 Å². The highest BCUT2D eigenvalue weighted by Gasteiger charge is 2.67. The molecule has 0 heterocycles. The van der Waals surface area contributed by atoms with Gasteiger partial charge in [0.2, 0.25) is 0 Å². The maximum atomic E-state index is 11.8. The minimum Gasteiger partial charge on any atom is -0.383 e. The summed E-state index contributed by atoms with van der Waals surface area (Å²) < 4.78 is 28.6. The fraction of sp³-hybridized carbons (Fsp3) is 0.500. The van der Waals surface area contributed by atoms with Crippen molar-refractivity contribution in [1.29, 1.82) is 0 Å². The summed E-state index contributed by atoms with van der Waals surface area (Å²) in [6.45, 7) is 0.220. The number of nitrogens with two attached hydrogens (primary N) is 1. The van der Waals surface area contributed by atoms with Gasteiger partial charge in [0.15, 0.2) is 9.84 Å². The number of ether oxygens (including phenoxy) is 1. The molecule has 0 aromatic heterocycles. The first kappa shape index (κ1) is 13.8. The highest BCUT2D eigenvalue weighted by atomic mass is 35.5. The van der Waals surface area contributed by atoms with Gasteiger partial charge in [0.1, 0.15) is 0 Å². The molecule has 1 aromatic carbocycles. The maximum Gasteiger partial charge on any atom is 0.152 e. The van der Waals surface area contributed by atoms with Crippen LogP contribution in [0.1, 0.15) is 11.5 Å². The van der Waals surface area contributed by atoms with Crippen LogP contribution >= 0.6 is 11.6 Å². The van der Waals surface area contributed by atoms with Crippen molar-refractivity contribution < 1.29 is 13.2 Å². The van der Waals surface area contributed by atoms with Gasteiger partial charge in [0, 0.05) is 24.3 Å². The highest BCUT2D eigenvalue weighted by molar-refractivity contribution is 7.91. The molecule has 1 saturated carbocycles. The van der Waals surface area contributed by atoms with Crippen LogP contribution in [0.2, 0.25) is 5.02 Å². The van der Waals surface area contributed by atoms with Gasteiger partial charge in [-0.2, -0.15) is 0 Å². The normalized spacial score (nSPS) is 31.3. The lowest BCUT2D eigenvalue weighted by atomic mass is 10.1. The maximum absolute atomic E-state index is 11.8. The first-order chi connectivity index (χ1) is 8.30. The van der Waals surface area contributed by atoms with Crippen molar-refractivity contribution in [2.75, 3.05) is 20.0 Å². The molecule has 0 bridgehead atoms. The molecule has 0 saturated heterocycles. The Balaban J connectivity index is 2.35. The van der Waals surface area contributed by atoms with Crippen molar-refractivity contribution in [3.8, 4) is 0 Å². The molecule has 100 valence electrons. The predicted octanol–water partition coefficient (Wildman–Crippen LogP) is 1.19. The first-order valence-electron chi connectivity index (χ1n) is 5.53. The SMILES string of the molecule is COC[C@]1(N)[C@H](c2ccc(Cl)cc2)[C@@H]1S(C)(=O)=O. The van der Waals surface area contributed by atoms with Crippen LogP contribution in [-0.2, 0) is 14.6 Å². The Morgan fingerprint density at radius 2 is 1.94 bits per heavy atom. The number of sulfone groups is 1. The summed E-state index contributed by atoms with van der Waals surface area (Å²) in [6.07, 6.45) is 1.21. The zero-order chi connectivity index (χ0) is 13.6. The van der Waals surface area contributed by atoms with Crippen molar-refractivity contribution in [3.05, 3.63) is 34.9 Å². The third-order valence-corrected chi connectivity index (χ3v) is 5.27. The Hall–Kier alpha value is -0.620. The summed E-state index contributed by atoms with van der Waals surface area (Å²) in [7, 11) is -1.69. The monoisotopic (exact) mass is 289 g/mol. The molecular formula is C12H16ClNO3S. The van der Waals surface area contributed by atoms with Gasteiger partial charge < -0.3 is 10.5 Å². The van der Waals surface area contributed by atoms with E-state index in [9.17, 15) is 8.42 Å². The molecule has 0 aliphatic heterocycles. The van der Waals surface area contributed by atoms with E-state index in [1.807, 2.05) is 12.1 Å². The standard InChI is InChI=1S/C12H16ClNO3S/c1-17-7-12(14)10(11(12)18(2,15)16)8-3-5-9(13)6-4-8/h3-6,10-11H,7,14H2,1-2H3/t10-,11+,12+/m1/s1. The first-order valence-corrected chi connectivity index (χ1v) is 7.86. The van der Waals surface area contributed by atoms with Gasteiger partial charge in [-0.25, -0.2) is 8.42 Å². The quantitative estimate of drug-likeness (QED) is 0.904. The molecule has 0 amide bonds. The van der Waals surface area contributed by atoms with Crippen molar-refractivity contribution >= 4 is 21.4 Å². The molecule has 2 rings (SSSR count). The zero-order valence-corrected chi connectivity index (χ0v) is 11.8. The summed E-state index contributed by atoms with van der Waals surface area (Å²) in [5.74, 6) is -0.232. The van der Waals surface area contributed by atoms with Crippen LogP contribution in [0.25, 0.3) is 0 Å². The predicted molar refractivity (Wildman–Crippen MR) is 71.6 cm³/mol. The molecule has 0 spiro atoms. The zero-order valence-electron chi connectivity index (χ0n) is 10.3. The minimum absolute atomic E-state index is 0.220. The van der Waals surface area contributed by atoms with Crippen LogP contribution in [0.5, 0.6) is 0 Å². The Labute approximate surface area is 112 Å². The van der Waals surface area contributed by atoms with E-state index in [-0.39, 0.29) is 12.5 Å². The summed E-state index contributed by atoms with van der Waals surface area (Å²) in [5, 5.41) is 0.0239. The fourth-order valence-electron chi connectivity index (χ4n) is 2.65. The molecule has 3 atom stereocenters. The number of hydrogen-bond donors (Lipinski definition) is 1. The van der Waals surface area contributed by atoms with Crippen LogP contribution in [-0.4, -0.2) is 39.2 Å². The lowest BCUT2D eigenvalue weighted by Crippen LogP contribution is -2.35. The second kappa shape index (κ2) is 4.49. The van der Waals surface area contributed by atoms with Gasteiger partial charge in [-0.15, -0.1) is 0 Å². The van der Waals surface area contributed by atoms with Gasteiger partial charge in [-0.05, 0) is 17.7 Å².